The van der Waals surface area contributed by atoms with Crippen molar-refractivity contribution in [3.05, 3.63) is 29.8 Å². The smallest absolute Gasteiger partial charge is 0.413 e. The monoisotopic (exact) mass is 278 g/mol. The Morgan fingerprint density at radius 3 is 2.55 bits per heavy atom. The van der Waals surface area contributed by atoms with Crippen molar-refractivity contribution >= 4 is 12.2 Å². The summed E-state index contributed by atoms with van der Waals surface area (Å²) >= 11 is 0. The van der Waals surface area contributed by atoms with E-state index >= 15 is 0 Å². The van der Waals surface area contributed by atoms with Gasteiger partial charge in [-0.2, -0.15) is 4.79 Å². The number of rotatable bonds is 7. The fourth-order valence-electron chi connectivity index (χ4n) is 1.77. The van der Waals surface area contributed by atoms with E-state index in [2.05, 4.69) is 4.79 Å². The average Bonchev–Trinajstić information content (AvgIpc) is 2.39. The molecule has 0 aliphatic carbocycles. The van der Waals surface area contributed by atoms with E-state index in [1.165, 1.54) is 0 Å². The molecule has 6 nitrogen and oxygen atoms in total. The van der Waals surface area contributed by atoms with Crippen molar-refractivity contribution < 1.29 is 23.8 Å². The zero-order chi connectivity index (χ0) is 15.0. The summed E-state index contributed by atoms with van der Waals surface area (Å²) in [5, 5.41) is 0. The van der Waals surface area contributed by atoms with E-state index in [0.29, 0.717) is 24.1 Å². The molecular weight excluding hydrogens is 260 g/mol. The summed E-state index contributed by atoms with van der Waals surface area (Å²) in [4.78, 5) is 13.7. The molecule has 2 atom stereocenters. The zero-order valence-electron chi connectivity index (χ0n) is 11.8. The molecular formula is C14H18N2O4. The molecule has 0 N–H and O–H groups in total. The molecule has 0 aromatic heterocycles. The van der Waals surface area contributed by atoms with E-state index in [0.717, 1.165) is 0 Å². The molecule has 0 amide bonds. The molecule has 0 aliphatic rings. The third-order valence-electron chi connectivity index (χ3n) is 2.54. The highest BCUT2D eigenvalue weighted by molar-refractivity contribution is 6.20. The molecule has 0 heterocycles. The Bertz CT molecular complexity index is 498. The van der Waals surface area contributed by atoms with E-state index in [-0.39, 0.29) is 12.2 Å². The maximum Gasteiger partial charge on any atom is 0.413 e. The van der Waals surface area contributed by atoms with Crippen molar-refractivity contribution in [1.82, 2.24) is 0 Å². The van der Waals surface area contributed by atoms with Crippen LogP contribution in [0, 0.1) is 0 Å². The number of benzene rings is 1. The molecule has 20 heavy (non-hydrogen) atoms. The van der Waals surface area contributed by atoms with Gasteiger partial charge in [-0.25, -0.2) is 4.79 Å². The second-order valence-electron chi connectivity index (χ2n) is 4.31. The van der Waals surface area contributed by atoms with Gasteiger partial charge in [0.05, 0.1) is 13.2 Å². The van der Waals surface area contributed by atoms with Crippen LogP contribution in [0.15, 0.2) is 24.3 Å². The van der Waals surface area contributed by atoms with Crippen LogP contribution >= 0.6 is 0 Å². The van der Waals surface area contributed by atoms with Gasteiger partial charge in [0.1, 0.15) is 6.10 Å². The van der Waals surface area contributed by atoms with Gasteiger partial charge >= 0.3 is 12.2 Å². The minimum Gasteiger partial charge on any atom is -0.493 e. The summed E-state index contributed by atoms with van der Waals surface area (Å²) in [7, 11) is 1.57. The third-order valence-corrected chi connectivity index (χ3v) is 2.54. The van der Waals surface area contributed by atoms with Crippen molar-refractivity contribution in [2.45, 2.75) is 32.5 Å². The molecule has 108 valence electrons. The van der Waals surface area contributed by atoms with Crippen molar-refractivity contribution in [3.63, 3.8) is 0 Å². The Morgan fingerprint density at radius 2 is 1.95 bits per heavy atom. The number of hydrogen-bond donors (Lipinski definition) is 0. The van der Waals surface area contributed by atoms with Gasteiger partial charge in [-0.05, 0) is 26.0 Å². The first-order valence-electron chi connectivity index (χ1n) is 6.24. The number of nitrogens with zero attached hydrogens (tertiary/aromatic N) is 2. The maximum atomic E-state index is 11.1. The number of ether oxygens (including phenoxy) is 3. The van der Waals surface area contributed by atoms with E-state index < -0.39 is 5.97 Å². The predicted octanol–water partition coefficient (Wildman–Crippen LogP) is 2.08. The topological polar surface area (TPSA) is 81.2 Å². The number of carbonyl (C=O) groups is 1. The van der Waals surface area contributed by atoms with Gasteiger partial charge in [-0.15, -0.1) is 0 Å². The normalized spacial score (nSPS) is 12.8. The van der Waals surface area contributed by atoms with Gasteiger partial charge in [-0.3, -0.25) is 0 Å². The Morgan fingerprint density at radius 1 is 1.30 bits per heavy atom. The van der Waals surface area contributed by atoms with Gasteiger partial charge in [0.2, 0.25) is 0 Å². The van der Waals surface area contributed by atoms with Crippen LogP contribution in [-0.4, -0.2) is 36.3 Å². The van der Waals surface area contributed by atoms with Gasteiger partial charge < -0.3 is 19.7 Å². The highest BCUT2D eigenvalue weighted by Gasteiger charge is 2.16. The van der Waals surface area contributed by atoms with Crippen molar-refractivity contribution in [2.24, 2.45) is 0 Å². The SMILES string of the molecule is COc1ccccc1O[C@@H](C)C[C@@H](C)OC(=O)C=[N+]=[N-]. The van der Waals surface area contributed by atoms with E-state index in [1.807, 2.05) is 31.2 Å². The highest BCUT2D eigenvalue weighted by atomic mass is 16.5. The molecule has 0 unspecified atom stereocenters. The largest absolute Gasteiger partial charge is 0.493 e. The molecule has 1 aromatic carbocycles. The first-order chi connectivity index (χ1) is 9.56. The molecule has 0 aliphatic heterocycles. The Labute approximate surface area is 117 Å². The third kappa shape index (κ3) is 5.12. The summed E-state index contributed by atoms with van der Waals surface area (Å²) in [6, 6.07) is 7.33. The van der Waals surface area contributed by atoms with Crippen molar-refractivity contribution in [2.75, 3.05) is 7.11 Å². The molecule has 0 spiro atoms. The zero-order valence-corrected chi connectivity index (χ0v) is 11.8. The molecule has 1 rings (SSSR count). The van der Waals surface area contributed by atoms with Crippen molar-refractivity contribution in [3.8, 4) is 11.5 Å². The van der Waals surface area contributed by atoms with E-state index in [9.17, 15) is 4.79 Å². The van der Waals surface area contributed by atoms with Gasteiger partial charge in [0, 0.05) is 6.42 Å². The average molecular weight is 278 g/mol. The van der Waals surface area contributed by atoms with Crippen LogP contribution in [-0.2, 0) is 9.53 Å². The van der Waals surface area contributed by atoms with E-state index in [4.69, 9.17) is 19.7 Å². The lowest BCUT2D eigenvalue weighted by atomic mass is 10.2. The number of methoxy groups -OCH3 is 1. The summed E-state index contributed by atoms with van der Waals surface area (Å²) in [5.41, 5.74) is 8.21. The summed E-state index contributed by atoms with van der Waals surface area (Å²) in [6.07, 6.45) is 0.691. The maximum absolute atomic E-state index is 11.1. The lowest BCUT2D eigenvalue weighted by molar-refractivity contribution is -0.144. The summed E-state index contributed by atoms with van der Waals surface area (Å²) in [6.45, 7) is 3.61. The second kappa shape index (κ2) is 7.96. The van der Waals surface area contributed by atoms with Gasteiger partial charge in [0.15, 0.2) is 11.5 Å². The quantitative estimate of drug-likeness (QED) is 0.331. The number of hydrogen-bond acceptors (Lipinski definition) is 4. The molecule has 0 fully saturated rings. The predicted molar refractivity (Wildman–Crippen MR) is 72.9 cm³/mol. The molecule has 0 radical (unpaired) electrons. The van der Waals surface area contributed by atoms with Crippen molar-refractivity contribution in [1.29, 1.82) is 0 Å². The van der Waals surface area contributed by atoms with E-state index in [1.54, 1.807) is 14.0 Å². The van der Waals surface area contributed by atoms with Crippen LogP contribution in [0.2, 0.25) is 0 Å². The Hall–Kier alpha value is -2.33. The van der Waals surface area contributed by atoms with Crippen LogP contribution in [0.4, 0.5) is 0 Å². The lowest BCUT2D eigenvalue weighted by Crippen LogP contribution is -2.23. The first-order valence-corrected chi connectivity index (χ1v) is 6.24. The fraction of sp³-hybridized carbons (Fsp3) is 0.429. The molecule has 0 saturated carbocycles. The number of para-hydroxylation sites is 2. The standard InChI is InChI=1S/C14H18N2O4/c1-10(8-11(2)20-14(17)9-16-15)19-13-7-5-4-6-12(13)18-3/h4-7,9-11H,8H2,1-3H3/t10-,11+/m0/s1. The van der Waals surface area contributed by atoms with Crippen LogP contribution in [0.1, 0.15) is 20.3 Å². The number of carbonyl (C=O) groups excluding carboxylic acids is 1. The molecule has 1 aromatic rings. The molecule has 6 heteroatoms. The fourth-order valence-corrected chi connectivity index (χ4v) is 1.77. The molecule has 0 saturated heterocycles. The minimum atomic E-state index is -0.690. The van der Waals surface area contributed by atoms with Crippen LogP contribution < -0.4 is 9.47 Å². The van der Waals surface area contributed by atoms with Crippen LogP contribution in [0.3, 0.4) is 0 Å². The number of esters is 1. The molecule has 0 bridgehead atoms. The summed E-state index contributed by atoms with van der Waals surface area (Å²) < 4.78 is 15.9. The Kier molecular flexibility index (Phi) is 6.26. The van der Waals surface area contributed by atoms with Gasteiger partial charge in [0.25, 0.3) is 0 Å². The Balaban J connectivity index is 2.52. The summed E-state index contributed by atoms with van der Waals surface area (Å²) in [5.74, 6) is 0.596. The van der Waals surface area contributed by atoms with Gasteiger partial charge in [-0.1, -0.05) is 12.1 Å². The second-order valence-corrected chi connectivity index (χ2v) is 4.31. The minimum absolute atomic E-state index is 0.167. The lowest BCUT2D eigenvalue weighted by Gasteiger charge is -2.19. The highest BCUT2D eigenvalue weighted by Crippen LogP contribution is 2.27. The first kappa shape index (κ1) is 15.7. The van der Waals surface area contributed by atoms with Crippen LogP contribution in [0.5, 0.6) is 11.5 Å². The van der Waals surface area contributed by atoms with Crippen LogP contribution in [0.25, 0.3) is 5.53 Å².